The Morgan fingerprint density at radius 2 is 0.842 bits per heavy atom. The molecule has 0 radical (unpaired) electrons. The van der Waals surface area contributed by atoms with Crippen molar-refractivity contribution >= 4 is 11.9 Å². The van der Waals surface area contributed by atoms with Gasteiger partial charge in [-0.15, -0.1) is 0 Å². The second-order valence-electron chi connectivity index (χ2n) is 17.6. The number of hydrogen-bond acceptors (Lipinski definition) is 5. The van der Waals surface area contributed by atoms with E-state index in [-0.39, 0.29) is 24.9 Å². The van der Waals surface area contributed by atoms with Crippen LogP contribution in [0.4, 0.5) is 0 Å². The highest BCUT2D eigenvalue weighted by molar-refractivity contribution is 5.77. The predicted molar refractivity (Wildman–Crippen MR) is 246 cm³/mol. The maximum Gasteiger partial charge on any atom is 0.306 e. The molecule has 6 heteroatoms. The third kappa shape index (κ3) is 41.1. The average molecular weight is 806 g/mol. The smallest absolute Gasteiger partial charge is 0.306 e. The molecule has 3 unspecified atom stereocenters. The standard InChI is InChI=1S/C51H99NO5/c1-4-7-10-13-16-19-22-25-27-30-33-36-39-42-47(57-51(56)44-41-38-35-32-29-26-23-20-17-14-11-8-5-2)45-50(55)52-48(46-53)49(54)43-40-37-34-31-28-24-21-18-15-12-9-6-3/h19,22,47-49,53-54H,4-18,20-21,23-46H2,1-3H3,(H,52,55)/b22-19-. The average Bonchev–Trinajstić information content (AvgIpc) is 3.20. The van der Waals surface area contributed by atoms with Gasteiger partial charge in [-0.25, -0.2) is 0 Å². The minimum atomic E-state index is -0.783. The van der Waals surface area contributed by atoms with Crippen LogP contribution in [0.3, 0.4) is 0 Å². The molecule has 0 saturated heterocycles. The molecule has 3 atom stereocenters. The maximum absolute atomic E-state index is 13.2. The van der Waals surface area contributed by atoms with E-state index in [1.54, 1.807) is 0 Å². The van der Waals surface area contributed by atoms with Crippen LogP contribution < -0.4 is 5.32 Å². The Bertz CT molecular complexity index is 863. The molecular weight excluding hydrogens is 707 g/mol. The number of hydrogen-bond donors (Lipinski definition) is 3. The van der Waals surface area contributed by atoms with E-state index in [1.807, 2.05) is 0 Å². The third-order valence-corrected chi connectivity index (χ3v) is 11.8. The Kier molecular flexibility index (Phi) is 44.6. The third-order valence-electron chi connectivity index (χ3n) is 11.8. The molecule has 0 saturated carbocycles. The van der Waals surface area contributed by atoms with E-state index in [1.165, 1.54) is 173 Å². The quantitative estimate of drug-likeness (QED) is 0.0323. The van der Waals surface area contributed by atoms with Gasteiger partial charge in [-0.3, -0.25) is 9.59 Å². The van der Waals surface area contributed by atoms with Gasteiger partial charge < -0.3 is 20.3 Å². The SMILES string of the molecule is CCCCCC/C=C\CCCCCCCC(CC(=O)NC(CO)C(O)CCCCCCCCCCCCCC)OC(=O)CCCCCCCCCCCCCCC. The number of unbranched alkanes of at least 4 members (excludes halogenated alkanes) is 32. The van der Waals surface area contributed by atoms with Gasteiger partial charge in [-0.1, -0.05) is 226 Å². The van der Waals surface area contributed by atoms with Crippen LogP contribution in [0, 0.1) is 0 Å². The van der Waals surface area contributed by atoms with Gasteiger partial charge in [0.1, 0.15) is 6.10 Å². The molecule has 0 aliphatic heterocycles. The van der Waals surface area contributed by atoms with Crippen molar-refractivity contribution in [1.82, 2.24) is 5.32 Å². The Balaban J connectivity index is 4.55. The van der Waals surface area contributed by atoms with Gasteiger partial charge in [0.05, 0.1) is 25.2 Å². The molecule has 1 amide bonds. The topological polar surface area (TPSA) is 95.9 Å². The second-order valence-corrected chi connectivity index (χ2v) is 17.6. The highest BCUT2D eigenvalue weighted by Crippen LogP contribution is 2.18. The molecule has 0 aromatic rings. The van der Waals surface area contributed by atoms with Crippen molar-refractivity contribution in [1.29, 1.82) is 0 Å². The summed E-state index contributed by atoms with van der Waals surface area (Å²) in [6.45, 7) is 6.48. The van der Waals surface area contributed by atoms with E-state index < -0.39 is 18.2 Å². The van der Waals surface area contributed by atoms with Crippen molar-refractivity contribution < 1.29 is 24.5 Å². The zero-order chi connectivity index (χ0) is 41.7. The molecular formula is C51H99NO5. The zero-order valence-electron chi connectivity index (χ0n) is 38.5. The minimum absolute atomic E-state index is 0.0786. The zero-order valence-corrected chi connectivity index (χ0v) is 38.5. The van der Waals surface area contributed by atoms with E-state index in [4.69, 9.17) is 4.74 Å². The lowest BCUT2D eigenvalue weighted by atomic mass is 10.0. The van der Waals surface area contributed by atoms with E-state index >= 15 is 0 Å². The molecule has 0 aromatic carbocycles. The van der Waals surface area contributed by atoms with Gasteiger partial charge in [-0.05, 0) is 51.4 Å². The van der Waals surface area contributed by atoms with E-state index in [0.29, 0.717) is 19.3 Å². The van der Waals surface area contributed by atoms with Crippen LogP contribution >= 0.6 is 0 Å². The van der Waals surface area contributed by atoms with Gasteiger partial charge in [0.15, 0.2) is 0 Å². The lowest BCUT2D eigenvalue weighted by Crippen LogP contribution is -2.46. The molecule has 0 spiro atoms. The summed E-state index contributed by atoms with van der Waals surface area (Å²) in [7, 11) is 0. The lowest BCUT2D eigenvalue weighted by molar-refractivity contribution is -0.151. The fraction of sp³-hybridized carbons (Fsp3) is 0.922. The van der Waals surface area contributed by atoms with E-state index in [0.717, 1.165) is 57.8 Å². The number of amides is 1. The first kappa shape index (κ1) is 55.6. The predicted octanol–water partition coefficient (Wildman–Crippen LogP) is 15.0. The van der Waals surface area contributed by atoms with Crippen LogP contribution in [0.25, 0.3) is 0 Å². The van der Waals surface area contributed by atoms with E-state index in [2.05, 4.69) is 38.2 Å². The normalized spacial score (nSPS) is 13.3. The summed E-state index contributed by atoms with van der Waals surface area (Å²) in [5.74, 6) is -0.467. The summed E-state index contributed by atoms with van der Waals surface area (Å²) in [6, 6.07) is -0.697. The first-order chi connectivity index (χ1) is 28.0. The summed E-state index contributed by atoms with van der Waals surface area (Å²) in [5, 5.41) is 23.7. The van der Waals surface area contributed by atoms with Gasteiger partial charge in [0.2, 0.25) is 5.91 Å². The number of rotatable bonds is 46. The molecule has 0 aromatic heterocycles. The van der Waals surface area contributed by atoms with Crippen molar-refractivity contribution in [3.8, 4) is 0 Å². The highest BCUT2D eigenvalue weighted by Gasteiger charge is 2.24. The van der Waals surface area contributed by atoms with Gasteiger partial charge in [0.25, 0.3) is 0 Å². The van der Waals surface area contributed by atoms with Crippen LogP contribution in [-0.4, -0.2) is 46.9 Å². The number of esters is 1. The van der Waals surface area contributed by atoms with Crippen molar-refractivity contribution in [3.05, 3.63) is 12.2 Å². The number of allylic oxidation sites excluding steroid dienone is 2. The first-order valence-corrected chi connectivity index (χ1v) is 25.4. The highest BCUT2D eigenvalue weighted by atomic mass is 16.5. The van der Waals surface area contributed by atoms with Gasteiger partial charge in [-0.2, -0.15) is 0 Å². The number of ether oxygens (including phenoxy) is 1. The van der Waals surface area contributed by atoms with Crippen molar-refractivity contribution in [2.24, 2.45) is 0 Å². The molecule has 6 nitrogen and oxygen atoms in total. The fourth-order valence-electron chi connectivity index (χ4n) is 7.96. The van der Waals surface area contributed by atoms with Gasteiger partial charge >= 0.3 is 5.97 Å². The lowest BCUT2D eigenvalue weighted by Gasteiger charge is -2.24. The molecule has 0 bridgehead atoms. The largest absolute Gasteiger partial charge is 0.462 e. The molecule has 0 rings (SSSR count). The van der Waals surface area contributed by atoms with Crippen LogP contribution in [0.1, 0.15) is 278 Å². The van der Waals surface area contributed by atoms with Gasteiger partial charge in [0, 0.05) is 6.42 Å². The number of carbonyl (C=O) groups excluding carboxylic acids is 2. The molecule has 0 heterocycles. The van der Waals surface area contributed by atoms with Crippen LogP contribution in [0.15, 0.2) is 12.2 Å². The summed E-state index contributed by atoms with van der Waals surface area (Å²) >= 11 is 0. The first-order valence-electron chi connectivity index (χ1n) is 25.4. The number of nitrogens with one attached hydrogen (secondary N) is 1. The number of carbonyl (C=O) groups is 2. The Hall–Kier alpha value is -1.40. The second kappa shape index (κ2) is 45.7. The van der Waals surface area contributed by atoms with Crippen molar-refractivity contribution in [2.45, 2.75) is 296 Å². The molecule has 0 fully saturated rings. The molecule has 57 heavy (non-hydrogen) atoms. The van der Waals surface area contributed by atoms with Crippen LogP contribution in [-0.2, 0) is 14.3 Å². The van der Waals surface area contributed by atoms with Crippen LogP contribution in [0.5, 0.6) is 0 Å². The molecule has 3 N–H and O–H groups in total. The Morgan fingerprint density at radius 1 is 0.491 bits per heavy atom. The Morgan fingerprint density at radius 3 is 1.26 bits per heavy atom. The monoisotopic (exact) mass is 806 g/mol. The molecule has 338 valence electrons. The van der Waals surface area contributed by atoms with E-state index in [9.17, 15) is 19.8 Å². The van der Waals surface area contributed by atoms with Crippen LogP contribution in [0.2, 0.25) is 0 Å². The maximum atomic E-state index is 13.2. The number of aliphatic hydroxyl groups excluding tert-OH is 2. The van der Waals surface area contributed by atoms with Crippen molar-refractivity contribution in [3.63, 3.8) is 0 Å². The summed E-state index contributed by atoms with van der Waals surface area (Å²) in [4.78, 5) is 26.1. The fourth-order valence-corrected chi connectivity index (χ4v) is 7.96. The molecule has 0 aliphatic rings. The Labute approximate surface area is 355 Å². The summed E-state index contributed by atoms with van der Waals surface area (Å²) in [5.41, 5.74) is 0. The summed E-state index contributed by atoms with van der Waals surface area (Å²) in [6.07, 6.45) is 49.8. The van der Waals surface area contributed by atoms with Crippen molar-refractivity contribution in [2.75, 3.05) is 6.61 Å². The molecule has 0 aliphatic carbocycles. The number of aliphatic hydroxyl groups is 2. The summed E-state index contributed by atoms with van der Waals surface area (Å²) < 4.78 is 5.93. The minimum Gasteiger partial charge on any atom is -0.462 e.